The molecule has 0 heterocycles. The van der Waals surface area contributed by atoms with E-state index in [1.807, 2.05) is 12.1 Å². The van der Waals surface area contributed by atoms with Crippen molar-refractivity contribution in [1.29, 1.82) is 0 Å². The lowest BCUT2D eigenvalue weighted by Gasteiger charge is -2.18. The van der Waals surface area contributed by atoms with Crippen molar-refractivity contribution in [1.82, 2.24) is 4.31 Å². The standard InChI is InChI=1S/C17H19IN2O3S/c1-3-20(4-2)24(22,23)16-10-8-15(9-11-16)19-17(21)13-6-5-7-14(18)12-13/h5-12H,3-4H2,1-2H3,(H,19,21). The number of halogens is 1. The molecule has 0 spiro atoms. The van der Waals surface area contributed by atoms with Crippen LogP contribution >= 0.6 is 22.6 Å². The quantitative estimate of drug-likeness (QED) is 0.674. The van der Waals surface area contributed by atoms with Gasteiger partial charge in [-0.25, -0.2) is 8.42 Å². The number of sulfonamides is 1. The fourth-order valence-electron chi connectivity index (χ4n) is 2.26. The van der Waals surface area contributed by atoms with Crippen molar-refractivity contribution in [3.05, 3.63) is 57.7 Å². The summed E-state index contributed by atoms with van der Waals surface area (Å²) in [5.41, 5.74) is 1.11. The van der Waals surface area contributed by atoms with E-state index in [4.69, 9.17) is 0 Å². The number of nitrogens with one attached hydrogen (secondary N) is 1. The highest BCUT2D eigenvalue weighted by Gasteiger charge is 2.21. The van der Waals surface area contributed by atoms with Gasteiger partial charge in [0, 0.05) is 27.9 Å². The summed E-state index contributed by atoms with van der Waals surface area (Å²) >= 11 is 2.14. The molecule has 0 radical (unpaired) electrons. The fourth-order valence-corrected chi connectivity index (χ4v) is 4.26. The average Bonchev–Trinajstić information content (AvgIpc) is 2.56. The first-order valence-corrected chi connectivity index (χ1v) is 10.1. The van der Waals surface area contributed by atoms with Crippen molar-refractivity contribution >= 4 is 44.2 Å². The number of hydrogen-bond donors (Lipinski definition) is 1. The Labute approximate surface area is 156 Å². The summed E-state index contributed by atoms with van der Waals surface area (Å²) < 4.78 is 27.2. The minimum atomic E-state index is -3.48. The topological polar surface area (TPSA) is 66.5 Å². The maximum atomic E-state index is 12.4. The molecule has 5 nitrogen and oxygen atoms in total. The SMILES string of the molecule is CCN(CC)S(=O)(=O)c1ccc(NC(=O)c2cccc(I)c2)cc1. The van der Waals surface area contributed by atoms with Crippen LogP contribution in [-0.2, 0) is 10.0 Å². The van der Waals surface area contributed by atoms with E-state index >= 15 is 0 Å². The average molecular weight is 458 g/mol. The van der Waals surface area contributed by atoms with Gasteiger partial charge >= 0.3 is 0 Å². The van der Waals surface area contributed by atoms with E-state index in [1.54, 1.807) is 38.1 Å². The van der Waals surface area contributed by atoms with Crippen LogP contribution < -0.4 is 5.32 Å². The van der Waals surface area contributed by atoms with Crippen molar-refractivity contribution < 1.29 is 13.2 Å². The van der Waals surface area contributed by atoms with Crippen molar-refractivity contribution in [3.8, 4) is 0 Å². The minimum Gasteiger partial charge on any atom is -0.322 e. The molecule has 128 valence electrons. The van der Waals surface area contributed by atoms with Gasteiger partial charge in [-0.1, -0.05) is 19.9 Å². The zero-order chi connectivity index (χ0) is 17.7. The van der Waals surface area contributed by atoms with E-state index in [0.29, 0.717) is 24.3 Å². The van der Waals surface area contributed by atoms with Gasteiger partial charge in [0.2, 0.25) is 10.0 Å². The van der Waals surface area contributed by atoms with Crippen LogP contribution in [-0.4, -0.2) is 31.7 Å². The number of hydrogen-bond acceptors (Lipinski definition) is 3. The Balaban J connectivity index is 2.17. The summed E-state index contributed by atoms with van der Waals surface area (Å²) in [5, 5.41) is 2.77. The van der Waals surface area contributed by atoms with E-state index in [1.165, 1.54) is 16.4 Å². The van der Waals surface area contributed by atoms with E-state index in [9.17, 15) is 13.2 Å². The van der Waals surface area contributed by atoms with Gasteiger partial charge in [-0.15, -0.1) is 0 Å². The molecule has 0 aliphatic heterocycles. The maximum Gasteiger partial charge on any atom is 0.255 e. The van der Waals surface area contributed by atoms with Gasteiger partial charge in [0.25, 0.3) is 5.91 Å². The van der Waals surface area contributed by atoms with Gasteiger partial charge in [0.05, 0.1) is 4.90 Å². The van der Waals surface area contributed by atoms with Gasteiger partial charge in [-0.2, -0.15) is 4.31 Å². The molecule has 2 aromatic carbocycles. The molecule has 0 fully saturated rings. The van der Waals surface area contributed by atoms with Gasteiger partial charge in [-0.3, -0.25) is 4.79 Å². The number of carbonyl (C=O) groups is 1. The van der Waals surface area contributed by atoms with Crippen LogP contribution in [0.25, 0.3) is 0 Å². The molecule has 0 saturated carbocycles. The van der Waals surface area contributed by atoms with E-state index in [-0.39, 0.29) is 10.8 Å². The lowest BCUT2D eigenvalue weighted by atomic mass is 10.2. The molecule has 0 aliphatic carbocycles. The molecule has 2 aromatic rings. The Morgan fingerprint density at radius 3 is 2.25 bits per heavy atom. The summed E-state index contributed by atoms with van der Waals surface area (Å²) in [5.74, 6) is -0.229. The zero-order valence-electron chi connectivity index (χ0n) is 13.5. The molecule has 1 amide bonds. The third kappa shape index (κ3) is 4.34. The third-order valence-electron chi connectivity index (χ3n) is 3.54. The zero-order valence-corrected chi connectivity index (χ0v) is 16.5. The number of carbonyl (C=O) groups excluding carboxylic acids is 1. The monoisotopic (exact) mass is 458 g/mol. The lowest BCUT2D eigenvalue weighted by molar-refractivity contribution is 0.102. The number of amides is 1. The van der Waals surface area contributed by atoms with Gasteiger partial charge < -0.3 is 5.32 Å². The summed E-state index contributed by atoms with van der Waals surface area (Å²) in [6.07, 6.45) is 0. The minimum absolute atomic E-state index is 0.221. The largest absolute Gasteiger partial charge is 0.322 e. The van der Waals surface area contributed by atoms with Gasteiger partial charge in [-0.05, 0) is 65.1 Å². The first kappa shape index (κ1) is 18.9. The van der Waals surface area contributed by atoms with Crippen LogP contribution in [0.2, 0.25) is 0 Å². The van der Waals surface area contributed by atoms with E-state index < -0.39 is 10.0 Å². The van der Waals surface area contributed by atoms with Crippen molar-refractivity contribution in [2.24, 2.45) is 0 Å². The Morgan fingerprint density at radius 2 is 1.71 bits per heavy atom. The molecule has 0 aliphatic rings. The third-order valence-corrected chi connectivity index (χ3v) is 6.28. The Kier molecular flexibility index (Phi) is 6.36. The van der Waals surface area contributed by atoms with Crippen LogP contribution in [0, 0.1) is 3.57 Å². The highest BCUT2D eigenvalue weighted by molar-refractivity contribution is 14.1. The van der Waals surface area contributed by atoms with E-state index in [0.717, 1.165) is 3.57 Å². The Morgan fingerprint density at radius 1 is 1.08 bits per heavy atom. The Bertz CT molecular complexity index is 816. The first-order valence-electron chi connectivity index (χ1n) is 7.55. The normalized spacial score (nSPS) is 11.5. The van der Waals surface area contributed by atoms with Crippen molar-refractivity contribution in [3.63, 3.8) is 0 Å². The number of benzene rings is 2. The number of rotatable bonds is 6. The highest BCUT2D eigenvalue weighted by Crippen LogP contribution is 2.19. The maximum absolute atomic E-state index is 12.4. The van der Waals surface area contributed by atoms with Crippen LogP contribution in [0.1, 0.15) is 24.2 Å². The second kappa shape index (κ2) is 8.09. The Hall–Kier alpha value is -1.45. The van der Waals surface area contributed by atoms with Crippen LogP contribution in [0.15, 0.2) is 53.4 Å². The molecule has 1 N–H and O–H groups in total. The molecule has 0 aromatic heterocycles. The fraction of sp³-hybridized carbons (Fsp3) is 0.235. The molecule has 0 unspecified atom stereocenters. The number of nitrogens with zero attached hydrogens (tertiary/aromatic N) is 1. The van der Waals surface area contributed by atoms with E-state index in [2.05, 4.69) is 27.9 Å². The van der Waals surface area contributed by atoms with Crippen LogP contribution in [0.4, 0.5) is 5.69 Å². The molecule has 0 bridgehead atoms. The number of anilines is 1. The molecular formula is C17H19IN2O3S. The molecular weight excluding hydrogens is 439 g/mol. The highest BCUT2D eigenvalue weighted by atomic mass is 127. The van der Waals surface area contributed by atoms with Gasteiger partial charge in [0.1, 0.15) is 0 Å². The predicted octanol–water partition coefficient (Wildman–Crippen LogP) is 3.57. The molecule has 0 atom stereocenters. The second-order valence-corrected chi connectivity index (χ2v) is 8.26. The van der Waals surface area contributed by atoms with Gasteiger partial charge in [0.15, 0.2) is 0 Å². The lowest BCUT2D eigenvalue weighted by Crippen LogP contribution is -2.30. The summed E-state index contributed by atoms with van der Waals surface area (Å²) in [4.78, 5) is 12.4. The summed E-state index contributed by atoms with van der Waals surface area (Å²) in [6, 6.07) is 13.5. The predicted molar refractivity (Wildman–Crippen MR) is 104 cm³/mol. The van der Waals surface area contributed by atoms with Crippen molar-refractivity contribution in [2.75, 3.05) is 18.4 Å². The first-order chi connectivity index (χ1) is 11.4. The molecule has 24 heavy (non-hydrogen) atoms. The second-order valence-electron chi connectivity index (χ2n) is 5.08. The van der Waals surface area contributed by atoms with Crippen molar-refractivity contribution in [2.45, 2.75) is 18.7 Å². The molecule has 2 rings (SSSR count). The summed E-state index contributed by atoms with van der Waals surface area (Å²) in [7, 11) is -3.48. The van der Waals surface area contributed by atoms with Crippen LogP contribution in [0.5, 0.6) is 0 Å². The molecule has 7 heteroatoms. The smallest absolute Gasteiger partial charge is 0.255 e. The summed E-state index contributed by atoms with van der Waals surface area (Å²) in [6.45, 7) is 4.45. The molecule has 0 saturated heterocycles. The van der Waals surface area contributed by atoms with Crippen LogP contribution in [0.3, 0.4) is 0 Å².